The Hall–Kier alpha value is -1.59. The maximum atomic E-state index is 11.6. The average Bonchev–Trinajstić information content (AvgIpc) is 2.36. The molecule has 0 aliphatic heterocycles. The normalized spacial score (nSPS) is 17.5. The summed E-state index contributed by atoms with van der Waals surface area (Å²) in [5.74, 6) is -0.507. The first-order valence-electron chi connectivity index (χ1n) is 6.79. The molecule has 3 N–H and O–H groups in total. The smallest absolute Gasteiger partial charge is 0.318 e. The lowest BCUT2D eigenvalue weighted by atomic mass is 9.86. The van der Waals surface area contributed by atoms with E-state index < -0.39 is 24.0 Å². The number of ether oxygens (including phenoxy) is 1. The molecule has 0 radical (unpaired) electrons. The summed E-state index contributed by atoms with van der Waals surface area (Å²) in [5.41, 5.74) is 4.81. The highest BCUT2D eigenvalue weighted by molar-refractivity contribution is 5.96. The van der Waals surface area contributed by atoms with E-state index in [9.17, 15) is 14.4 Å². The fourth-order valence-corrected chi connectivity index (χ4v) is 2.33. The van der Waals surface area contributed by atoms with Crippen molar-refractivity contribution in [2.24, 2.45) is 11.7 Å². The first-order chi connectivity index (χ1) is 8.99. The Morgan fingerprint density at radius 2 is 1.89 bits per heavy atom. The van der Waals surface area contributed by atoms with E-state index in [1.54, 1.807) is 0 Å². The average molecular weight is 270 g/mol. The van der Waals surface area contributed by atoms with Gasteiger partial charge in [-0.3, -0.25) is 14.9 Å². The quantitative estimate of drug-likeness (QED) is 0.739. The Morgan fingerprint density at radius 3 is 2.47 bits per heavy atom. The lowest BCUT2D eigenvalue weighted by molar-refractivity contribution is -0.154. The molecule has 0 saturated heterocycles. The second-order valence-corrected chi connectivity index (χ2v) is 5.03. The number of primary amides is 1. The number of carbonyl (C=O) groups is 3. The fourth-order valence-electron chi connectivity index (χ4n) is 2.33. The van der Waals surface area contributed by atoms with Crippen molar-refractivity contribution in [2.45, 2.75) is 58.0 Å². The molecule has 1 atom stereocenters. The summed E-state index contributed by atoms with van der Waals surface area (Å²) in [5, 5.41) is 1.88. The van der Waals surface area contributed by atoms with Gasteiger partial charge in [-0.25, -0.2) is 4.79 Å². The SMILES string of the molecule is C[C@H](OC(=O)CCC1CCCCC1)C(=O)NC(N)=O. The molecule has 0 heterocycles. The first kappa shape index (κ1) is 15.5. The van der Waals surface area contributed by atoms with Crippen LogP contribution >= 0.6 is 0 Å². The van der Waals surface area contributed by atoms with E-state index in [1.807, 2.05) is 5.32 Å². The van der Waals surface area contributed by atoms with E-state index >= 15 is 0 Å². The fraction of sp³-hybridized carbons (Fsp3) is 0.769. The van der Waals surface area contributed by atoms with Crippen LogP contribution in [0, 0.1) is 5.92 Å². The van der Waals surface area contributed by atoms with Gasteiger partial charge >= 0.3 is 12.0 Å². The molecular weight excluding hydrogens is 248 g/mol. The van der Waals surface area contributed by atoms with Crippen molar-refractivity contribution in [3.63, 3.8) is 0 Å². The third-order valence-corrected chi connectivity index (χ3v) is 3.41. The van der Waals surface area contributed by atoms with Crippen LogP contribution in [0.4, 0.5) is 4.79 Å². The Kier molecular flexibility index (Phi) is 6.32. The number of carbonyl (C=O) groups excluding carboxylic acids is 3. The minimum atomic E-state index is -0.994. The van der Waals surface area contributed by atoms with Gasteiger partial charge in [0.25, 0.3) is 5.91 Å². The molecule has 0 bridgehead atoms. The number of amides is 3. The Morgan fingerprint density at radius 1 is 1.26 bits per heavy atom. The molecule has 0 aromatic rings. The Labute approximate surface area is 113 Å². The number of hydrogen-bond acceptors (Lipinski definition) is 4. The van der Waals surface area contributed by atoms with Crippen molar-refractivity contribution >= 4 is 17.9 Å². The van der Waals surface area contributed by atoms with Gasteiger partial charge in [0.15, 0.2) is 6.10 Å². The number of imide groups is 1. The van der Waals surface area contributed by atoms with Gasteiger partial charge in [0.2, 0.25) is 0 Å². The zero-order valence-corrected chi connectivity index (χ0v) is 11.3. The molecule has 1 aliphatic rings. The number of hydrogen-bond donors (Lipinski definition) is 2. The molecule has 1 rings (SSSR count). The van der Waals surface area contributed by atoms with Crippen molar-refractivity contribution < 1.29 is 19.1 Å². The Bertz CT molecular complexity index is 338. The van der Waals surface area contributed by atoms with E-state index in [1.165, 1.54) is 39.0 Å². The summed E-state index contributed by atoms with van der Waals surface area (Å²) < 4.78 is 4.95. The highest BCUT2D eigenvalue weighted by atomic mass is 16.5. The summed E-state index contributed by atoms with van der Waals surface area (Å²) >= 11 is 0. The predicted molar refractivity (Wildman–Crippen MR) is 69.1 cm³/mol. The molecule has 19 heavy (non-hydrogen) atoms. The standard InChI is InChI=1S/C13H22N2O4/c1-9(12(17)15-13(14)18)19-11(16)8-7-10-5-3-2-4-6-10/h9-10H,2-8H2,1H3,(H3,14,15,17,18)/t9-/m0/s1. The zero-order valence-electron chi connectivity index (χ0n) is 11.3. The minimum absolute atomic E-state index is 0.318. The zero-order chi connectivity index (χ0) is 14.3. The molecule has 108 valence electrons. The molecule has 0 aromatic carbocycles. The number of urea groups is 1. The summed E-state index contributed by atoms with van der Waals surface area (Å²) in [6, 6.07) is -0.949. The van der Waals surface area contributed by atoms with Gasteiger partial charge in [0.05, 0.1) is 0 Å². The van der Waals surface area contributed by atoms with Crippen LogP contribution in [0.25, 0.3) is 0 Å². The van der Waals surface area contributed by atoms with E-state index in [-0.39, 0.29) is 0 Å². The van der Waals surface area contributed by atoms with E-state index in [2.05, 4.69) is 0 Å². The molecule has 6 nitrogen and oxygen atoms in total. The minimum Gasteiger partial charge on any atom is -0.453 e. The van der Waals surface area contributed by atoms with E-state index in [4.69, 9.17) is 10.5 Å². The third kappa shape index (κ3) is 6.22. The molecule has 1 aliphatic carbocycles. The van der Waals surface area contributed by atoms with Gasteiger partial charge in [-0.05, 0) is 19.3 Å². The molecule has 0 unspecified atom stereocenters. The molecule has 3 amide bonds. The molecule has 1 fully saturated rings. The second kappa shape index (κ2) is 7.76. The van der Waals surface area contributed by atoms with E-state index in [0.717, 1.165) is 6.42 Å². The summed E-state index contributed by atoms with van der Waals surface area (Å²) in [6.45, 7) is 1.41. The van der Waals surface area contributed by atoms with Crippen LogP contribution in [-0.2, 0) is 14.3 Å². The lowest BCUT2D eigenvalue weighted by Crippen LogP contribution is -2.42. The molecule has 0 aromatic heterocycles. The summed E-state index contributed by atoms with van der Waals surface area (Å²) in [7, 11) is 0. The van der Waals surface area contributed by atoms with Gasteiger partial charge < -0.3 is 10.5 Å². The third-order valence-electron chi connectivity index (χ3n) is 3.41. The molecule has 6 heteroatoms. The Balaban J connectivity index is 2.22. The van der Waals surface area contributed by atoms with Crippen molar-refractivity contribution in [2.75, 3.05) is 0 Å². The van der Waals surface area contributed by atoms with Gasteiger partial charge in [0.1, 0.15) is 0 Å². The first-order valence-corrected chi connectivity index (χ1v) is 6.79. The molecule has 0 spiro atoms. The van der Waals surface area contributed by atoms with Crippen molar-refractivity contribution in [3.8, 4) is 0 Å². The lowest BCUT2D eigenvalue weighted by Gasteiger charge is -2.21. The van der Waals surface area contributed by atoms with Gasteiger partial charge in [-0.1, -0.05) is 32.1 Å². The van der Waals surface area contributed by atoms with Crippen molar-refractivity contribution in [3.05, 3.63) is 0 Å². The largest absolute Gasteiger partial charge is 0.453 e. The number of rotatable bonds is 5. The van der Waals surface area contributed by atoms with Crippen LogP contribution in [-0.4, -0.2) is 24.0 Å². The highest BCUT2D eigenvalue weighted by Gasteiger charge is 2.20. The van der Waals surface area contributed by atoms with Crippen LogP contribution in [0.3, 0.4) is 0 Å². The molecule has 1 saturated carbocycles. The van der Waals surface area contributed by atoms with Gasteiger partial charge in [-0.15, -0.1) is 0 Å². The summed E-state index contributed by atoms with van der Waals surface area (Å²) in [4.78, 5) is 33.4. The van der Waals surface area contributed by atoms with Crippen LogP contribution in [0.1, 0.15) is 51.9 Å². The maximum Gasteiger partial charge on any atom is 0.318 e. The number of nitrogens with one attached hydrogen (secondary N) is 1. The van der Waals surface area contributed by atoms with Crippen LogP contribution in [0.2, 0.25) is 0 Å². The van der Waals surface area contributed by atoms with Crippen molar-refractivity contribution in [1.82, 2.24) is 5.32 Å². The number of esters is 1. The van der Waals surface area contributed by atoms with Crippen LogP contribution in [0.5, 0.6) is 0 Å². The van der Waals surface area contributed by atoms with Crippen LogP contribution < -0.4 is 11.1 Å². The summed E-state index contributed by atoms with van der Waals surface area (Å²) in [6.07, 6.45) is 6.23. The van der Waals surface area contributed by atoms with Gasteiger partial charge in [-0.2, -0.15) is 0 Å². The van der Waals surface area contributed by atoms with E-state index in [0.29, 0.717) is 12.3 Å². The maximum absolute atomic E-state index is 11.6. The molecular formula is C13H22N2O4. The monoisotopic (exact) mass is 270 g/mol. The van der Waals surface area contributed by atoms with Gasteiger partial charge in [0, 0.05) is 6.42 Å². The predicted octanol–water partition coefficient (Wildman–Crippen LogP) is 1.47. The van der Waals surface area contributed by atoms with Crippen molar-refractivity contribution in [1.29, 1.82) is 0 Å². The highest BCUT2D eigenvalue weighted by Crippen LogP contribution is 2.27. The second-order valence-electron chi connectivity index (χ2n) is 5.03. The number of nitrogens with two attached hydrogens (primary N) is 1. The topological polar surface area (TPSA) is 98.5 Å². The van der Waals surface area contributed by atoms with Crippen LogP contribution in [0.15, 0.2) is 0 Å².